The smallest absolute Gasteiger partial charge is 0.184 e. The van der Waals surface area contributed by atoms with Crippen molar-refractivity contribution in [1.82, 2.24) is 24.2 Å². The van der Waals surface area contributed by atoms with Crippen LogP contribution in [0.2, 0.25) is 0 Å². The fourth-order valence-corrected chi connectivity index (χ4v) is 4.26. The van der Waals surface area contributed by atoms with Gasteiger partial charge in [-0.1, -0.05) is 13.2 Å². The molecule has 0 aromatic carbocycles. The molecule has 12 nitrogen and oxygen atoms in total. The number of hydrogen-bond acceptors (Lipinski definition) is 10. The van der Waals surface area contributed by atoms with Crippen LogP contribution in [-0.4, -0.2) is 75.4 Å². The largest absolute Gasteiger partial charge is 0.442 e. The van der Waals surface area contributed by atoms with Crippen LogP contribution in [0.3, 0.4) is 0 Å². The van der Waals surface area contributed by atoms with E-state index in [0.717, 1.165) is 0 Å². The van der Waals surface area contributed by atoms with Crippen molar-refractivity contribution in [2.75, 3.05) is 24.7 Å². The van der Waals surface area contributed by atoms with Gasteiger partial charge >= 0.3 is 0 Å². The van der Waals surface area contributed by atoms with E-state index in [0.29, 0.717) is 17.2 Å². The Labute approximate surface area is 185 Å². The number of sulfonamides is 1. The molecule has 2 fully saturated rings. The maximum Gasteiger partial charge on any atom is 0.184 e. The topological polar surface area (TPSA) is 175 Å². The first-order chi connectivity index (χ1) is 12.9. The van der Waals surface area contributed by atoms with Gasteiger partial charge < -0.3 is 30.1 Å². The van der Waals surface area contributed by atoms with Crippen LogP contribution in [0.25, 0.3) is 11.2 Å². The molecule has 0 unspecified atom stereocenters. The van der Waals surface area contributed by atoms with Crippen LogP contribution in [0.5, 0.6) is 0 Å². The average molecular weight is 488 g/mol. The maximum absolute atomic E-state index is 12.1. The number of imidazole rings is 1. The molecule has 2 saturated heterocycles. The van der Waals surface area contributed by atoms with Gasteiger partial charge in [-0.3, -0.25) is 4.57 Å². The Morgan fingerprint density at radius 1 is 1.29 bits per heavy atom. The normalized spacial score (nSPS) is 28.2. The van der Waals surface area contributed by atoms with E-state index in [4.69, 9.17) is 15.2 Å². The number of nitrogen functional groups attached to an aromatic ring is 1. The number of fused-ring (bicyclic) bond motifs is 1. The van der Waals surface area contributed by atoms with Crippen LogP contribution in [0.1, 0.15) is 12.6 Å². The SMILES string of the molecule is Nc1ncnc2c1ncn2[C@@H]1O[C@H](CCS(=O)(=O)N[C-]2COC2)[C@@H](O)[C@H]1O.[Y]. The van der Waals surface area contributed by atoms with E-state index in [1.807, 2.05) is 0 Å². The number of hydrogen-bond donors (Lipinski definition) is 4. The van der Waals surface area contributed by atoms with E-state index < -0.39 is 34.6 Å². The van der Waals surface area contributed by atoms with Crippen LogP contribution in [0.15, 0.2) is 12.7 Å². The van der Waals surface area contributed by atoms with Crippen LogP contribution < -0.4 is 10.5 Å². The van der Waals surface area contributed by atoms with Crippen molar-refractivity contribution in [2.45, 2.75) is 31.0 Å². The molecule has 5 N–H and O–H groups in total. The van der Waals surface area contributed by atoms with Crippen LogP contribution >= 0.6 is 0 Å². The van der Waals surface area contributed by atoms with Gasteiger partial charge in [0.05, 0.1) is 18.2 Å². The summed E-state index contributed by atoms with van der Waals surface area (Å²) in [6, 6.07) is 0.586. The quantitative estimate of drug-likeness (QED) is 0.330. The Bertz CT molecular complexity index is 938. The zero-order chi connectivity index (χ0) is 19.2. The molecule has 28 heavy (non-hydrogen) atoms. The summed E-state index contributed by atoms with van der Waals surface area (Å²) in [6.07, 6.45) is -1.76. The van der Waals surface area contributed by atoms with Gasteiger partial charge in [0.15, 0.2) is 27.7 Å². The van der Waals surface area contributed by atoms with Crippen LogP contribution in [-0.2, 0) is 52.2 Å². The van der Waals surface area contributed by atoms with Crippen molar-refractivity contribution >= 4 is 27.0 Å². The molecule has 2 aliphatic heterocycles. The molecular formula is C14H19N6O6SY-. The maximum atomic E-state index is 12.1. The third-order valence-corrected chi connectivity index (χ3v) is 5.89. The Balaban J connectivity index is 0.00000225. The number of aliphatic hydroxyl groups excluding tert-OH is 2. The summed E-state index contributed by atoms with van der Waals surface area (Å²) in [5.74, 6) is -0.0877. The fourth-order valence-electron chi connectivity index (χ4n) is 3.06. The van der Waals surface area contributed by atoms with E-state index >= 15 is 0 Å². The number of nitrogens with one attached hydrogen (secondary N) is 1. The molecule has 0 saturated carbocycles. The molecule has 2 aromatic heterocycles. The third kappa shape index (κ3) is 4.21. The first-order valence-corrected chi connectivity index (χ1v) is 9.88. The molecule has 4 heterocycles. The number of rotatable bonds is 6. The van der Waals surface area contributed by atoms with Crippen molar-refractivity contribution in [1.29, 1.82) is 0 Å². The van der Waals surface area contributed by atoms with Crippen molar-refractivity contribution in [3.8, 4) is 0 Å². The summed E-state index contributed by atoms with van der Waals surface area (Å²) in [7, 11) is -3.58. The number of aliphatic hydroxyl groups is 2. The second-order valence-corrected chi connectivity index (χ2v) is 8.28. The monoisotopic (exact) mass is 488 g/mol. The zero-order valence-electron chi connectivity index (χ0n) is 14.7. The fraction of sp³-hybridized carbons (Fsp3) is 0.571. The molecule has 1 radical (unpaired) electrons. The van der Waals surface area contributed by atoms with E-state index in [-0.39, 0.29) is 63.9 Å². The molecule has 4 rings (SSSR count). The first-order valence-electron chi connectivity index (χ1n) is 8.23. The standard InChI is InChI=1S/C14H19N6O6S.Y/c15-12-9-13(17-5-16-12)20(6-18-9)14-11(22)10(21)8(26-14)1-2-27(23,24)19-7-3-25-4-7;/h5-6,8,10-11,14,19,21-22H,1-4H2,(H2,15,16,17);/q-1;/t8-,10-,11-,14-;/m1./s1. The predicted molar refractivity (Wildman–Crippen MR) is 91.3 cm³/mol. The summed E-state index contributed by atoms with van der Waals surface area (Å²) < 4.78 is 38.6. The summed E-state index contributed by atoms with van der Waals surface area (Å²) in [5, 5.41) is 20.6. The molecule has 151 valence electrons. The van der Waals surface area contributed by atoms with E-state index in [1.165, 1.54) is 17.2 Å². The number of anilines is 1. The first kappa shape index (κ1) is 21.9. The van der Waals surface area contributed by atoms with Gasteiger partial charge in [-0.15, -0.1) is 0 Å². The average Bonchev–Trinajstić information content (AvgIpc) is 3.13. The van der Waals surface area contributed by atoms with Gasteiger partial charge in [-0.05, 0) is 6.42 Å². The minimum Gasteiger partial charge on any atom is -0.442 e. The molecule has 0 bridgehead atoms. The van der Waals surface area contributed by atoms with Gasteiger partial charge in [-0.25, -0.2) is 23.4 Å². The molecular weight excluding hydrogens is 469 g/mol. The summed E-state index contributed by atoms with van der Waals surface area (Å²) in [6.45, 7) is 0.530. The van der Waals surface area contributed by atoms with Gasteiger partial charge in [0, 0.05) is 32.7 Å². The number of nitrogens with zero attached hydrogens (tertiary/aromatic N) is 4. The second-order valence-electron chi connectivity index (χ2n) is 6.44. The van der Waals surface area contributed by atoms with Crippen LogP contribution in [0, 0.1) is 6.04 Å². The number of nitrogens with two attached hydrogens (primary N) is 1. The predicted octanol–water partition coefficient (Wildman–Crippen LogP) is -2.10. The molecule has 0 amide bonds. The molecule has 2 aliphatic rings. The van der Waals surface area contributed by atoms with Crippen LogP contribution in [0.4, 0.5) is 5.82 Å². The van der Waals surface area contributed by atoms with Crippen molar-refractivity contribution < 1.29 is 60.8 Å². The van der Waals surface area contributed by atoms with Gasteiger partial charge in [-0.2, -0.15) is 6.04 Å². The number of ether oxygens (including phenoxy) is 2. The molecule has 2 aromatic rings. The minimum atomic E-state index is -3.58. The number of aromatic nitrogens is 4. The summed E-state index contributed by atoms with van der Waals surface area (Å²) in [4.78, 5) is 12.0. The zero-order valence-corrected chi connectivity index (χ0v) is 18.3. The third-order valence-electron chi connectivity index (χ3n) is 4.52. The molecule has 4 atom stereocenters. The van der Waals surface area contributed by atoms with Crippen molar-refractivity contribution in [2.24, 2.45) is 0 Å². The van der Waals surface area contributed by atoms with E-state index in [9.17, 15) is 18.6 Å². The summed E-state index contributed by atoms with van der Waals surface area (Å²) >= 11 is 0. The Hall–Kier alpha value is -0.796. The van der Waals surface area contributed by atoms with E-state index in [2.05, 4.69) is 19.7 Å². The molecule has 0 aliphatic carbocycles. The molecule has 0 spiro atoms. The Morgan fingerprint density at radius 3 is 2.71 bits per heavy atom. The van der Waals surface area contributed by atoms with Gasteiger partial charge in [0.1, 0.15) is 24.1 Å². The van der Waals surface area contributed by atoms with Crippen molar-refractivity contribution in [3.05, 3.63) is 18.7 Å². The van der Waals surface area contributed by atoms with Gasteiger partial charge in [0.2, 0.25) is 0 Å². The van der Waals surface area contributed by atoms with Gasteiger partial charge in [0.25, 0.3) is 0 Å². The van der Waals surface area contributed by atoms with E-state index in [1.54, 1.807) is 0 Å². The minimum absolute atomic E-state index is 0. The molecule has 14 heteroatoms. The Kier molecular flexibility index (Phi) is 6.66. The Morgan fingerprint density at radius 2 is 2.04 bits per heavy atom. The van der Waals surface area contributed by atoms with Crippen molar-refractivity contribution in [3.63, 3.8) is 0 Å². The summed E-state index contributed by atoms with van der Waals surface area (Å²) in [5.41, 5.74) is 6.43. The second kappa shape index (κ2) is 8.52.